The van der Waals surface area contributed by atoms with Crippen LogP contribution in [0.3, 0.4) is 0 Å². The summed E-state index contributed by atoms with van der Waals surface area (Å²) in [6, 6.07) is 0. The first-order valence-corrected chi connectivity index (χ1v) is 9.01. The number of fused-ring (bicyclic) bond motifs is 1. The molecule has 0 atom stereocenters. The summed E-state index contributed by atoms with van der Waals surface area (Å²) in [4.78, 5) is 5.77. The maximum absolute atomic E-state index is 4.67. The lowest BCUT2D eigenvalue weighted by Crippen LogP contribution is -2.22. The molecular formula is C17H25N3S. The molecule has 0 bridgehead atoms. The third-order valence-corrected chi connectivity index (χ3v) is 5.27. The van der Waals surface area contributed by atoms with Crippen molar-refractivity contribution in [3.63, 3.8) is 0 Å². The van der Waals surface area contributed by atoms with Crippen molar-refractivity contribution in [1.29, 1.82) is 0 Å². The first-order chi connectivity index (χ1) is 10.3. The van der Waals surface area contributed by atoms with Crippen molar-refractivity contribution in [1.82, 2.24) is 14.7 Å². The smallest absolute Gasteiger partial charge is 0.194 e. The van der Waals surface area contributed by atoms with E-state index >= 15 is 0 Å². The van der Waals surface area contributed by atoms with Gasteiger partial charge in [0.05, 0.1) is 11.4 Å². The van der Waals surface area contributed by atoms with Crippen LogP contribution in [0.5, 0.6) is 0 Å². The second kappa shape index (κ2) is 6.75. The van der Waals surface area contributed by atoms with Crippen molar-refractivity contribution in [2.45, 2.75) is 46.0 Å². The number of rotatable bonds is 5. The molecule has 114 valence electrons. The largest absolute Gasteiger partial charge is 0.313 e. The number of nitrogens with zero attached hydrogens (tertiary/aromatic N) is 2. The molecule has 1 fully saturated rings. The highest BCUT2D eigenvalue weighted by Gasteiger charge is 2.19. The maximum Gasteiger partial charge on any atom is 0.194 e. The average molecular weight is 303 g/mol. The lowest BCUT2D eigenvalue weighted by Gasteiger charge is -2.25. The molecule has 0 radical (unpaired) electrons. The molecule has 0 aliphatic heterocycles. The van der Waals surface area contributed by atoms with Crippen LogP contribution in [-0.2, 0) is 0 Å². The van der Waals surface area contributed by atoms with Crippen LogP contribution < -0.4 is 5.32 Å². The number of aryl methyl sites for hydroxylation is 1. The minimum absolute atomic E-state index is 0.751. The second-order valence-corrected chi connectivity index (χ2v) is 6.85. The highest BCUT2D eigenvalue weighted by molar-refractivity contribution is 7.15. The molecule has 0 spiro atoms. The second-order valence-electron chi connectivity index (χ2n) is 5.97. The maximum atomic E-state index is 4.67. The van der Waals surface area contributed by atoms with Gasteiger partial charge in [0, 0.05) is 18.1 Å². The van der Waals surface area contributed by atoms with Crippen LogP contribution in [-0.4, -0.2) is 22.5 Å². The fourth-order valence-electron chi connectivity index (χ4n) is 3.32. The van der Waals surface area contributed by atoms with Crippen LogP contribution in [0.4, 0.5) is 0 Å². The van der Waals surface area contributed by atoms with Crippen molar-refractivity contribution in [3.05, 3.63) is 28.5 Å². The monoisotopic (exact) mass is 303 g/mol. The average Bonchev–Trinajstić information content (AvgIpc) is 3.06. The minimum atomic E-state index is 0.751. The number of aromatic nitrogens is 2. The molecule has 2 heterocycles. The molecule has 0 amide bonds. The quantitative estimate of drug-likeness (QED) is 0.893. The van der Waals surface area contributed by atoms with Crippen molar-refractivity contribution >= 4 is 22.4 Å². The fourth-order valence-corrected chi connectivity index (χ4v) is 4.08. The summed E-state index contributed by atoms with van der Waals surface area (Å²) in [6.07, 6.45) is 11.4. The zero-order valence-corrected chi connectivity index (χ0v) is 13.9. The molecule has 0 unspecified atom stereocenters. The van der Waals surface area contributed by atoms with Crippen LogP contribution in [0.15, 0.2) is 17.2 Å². The predicted octanol–water partition coefficient (Wildman–Crippen LogP) is 4.28. The van der Waals surface area contributed by atoms with E-state index in [1.165, 1.54) is 37.8 Å². The fraction of sp³-hybridized carbons (Fsp3) is 0.588. The van der Waals surface area contributed by atoms with E-state index in [1.54, 1.807) is 16.9 Å². The van der Waals surface area contributed by atoms with Gasteiger partial charge in [0.1, 0.15) is 0 Å². The van der Waals surface area contributed by atoms with Crippen LogP contribution >= 0.6 is 11.3 Å². The van der Waals surface area contributed by atoms with E-state index in [4.69, 9.17) is 0 Å². The Kier molecular flexibility index (Phi) is 4.76. The van der Waals surface area contributed by atoms with Gasteiger partial charge in [0.15, 0.2) is 4.96 Å². The molecular weight excluding hydrogens is 278 g/mol. The molecule has 3 rings (SSSR count). The van der Waals surface area contributed by atoms with Crippen molar-refractivity contribution in [2.75, 3.05) is 13.1 Å². The Morgan fingerprint density at radius 1 is 1.43 bits per heavy atom. The van der Waals surface area contributed by atoms with Crippen LogP contribution in [0.1, 0.15) is 50.4 Å². The first kappa shape index (κ1) is 14.8. The van der Waals surface area contributed by atoms with Gasteiger partial charge in [0.25, 0.3) is 0 Å². The summed E-state index contributed by atoms with van der Waals surface area (Å²) in [5.74, 6) is 0.751. The van der Waals surface area contributed by atoms with Gasteiger partial charge in [-0.3, -0.25) is 4.40 Å². The van der Waals surface area contributed by atoms with Crippen molar-refractivity contribution < 1.29 is 0 Å². The molecule has 2 aromatic heterocycles. The molecule has 21 heavy (non-hydrogen) atoms. The van der Waals surface area contributed by atoms with Crippen molar-refractivity contribution in [2.24, 2.45) is 5.92 Å². The summed E-state index contributed by atoms with van der Waals surface area (Å²) in [7, 11) is 0. The summed E-state index contributed by atoms with van der Waals surface area (Å²) in [5.41, 5.74) is 3.98. The van der Waals surface area contributed by atoms with E-state index < -0.39 is 0 Å². The third-order valence-electron chi connectivity index (χ3n) is 4.51. The summed E-state index contributed by atoms with van der Waals surface area (Å²) < 4.78 is 2.23. The molecule has 4 heteroatoms. The van der Waals surface area contributed by atoms with Crippen LogP contribution in [0, 0.1) is 12.8 Å². The summed E-state index contributed by atoms with van der Waals surface area (Å²) >= 11 is 1.71. The van der Waals surface area contributed by atoms with E-state index in [0.717, 1.165) is 29.7 Å². The Labute approximate surface area is 131 Å². The van der Waals surface area contributed by atoms with E-state index in [9.17, 15) is 0 Å². The number of thiazole rings is 1. The first-order valence-electron chi connectivity index (χ1n) is 8.13. The molecule has 2 aromatic rings. The van der Waals surface area contributed by atoms with E-state index in [0.29, 0.717) is 0 Å². The molecule has 0 saturated heterocycles. The van der Waals surface area contributed by atoms with Gasteiger partial charge < -0.3 is 5.32 Å². The normalized spacial score (nSPS) is 17.7. The molecule has 1 aliphatic carbocycles. The van der Waals surface area contributed by atoms with Gasteiger partial charge in [0.2, 0.25) is 0 Å². The standard InChI is InChI=1S/C17H25N3S/c1-3-18-12-15(14-7-5-4-6-8-14)11-16-13(2)19-17-20(16)9-10-21-17/h9-11,14,18H,3-8,12H2,1-2H3/b15-11-. The molecule has 1 N–H and O–H groups in total. The highest BCUT2D eigenvalue weighted by Crippen LogP contribution is 2.31. The Morgan fingerprint density at radius 3 is 3.00 bits per heavy atom. The van der Waals surface area contributed by atoms with Gasteiger partial charge in [-0.25, -0.2) is 4.98 Å². The summed E-state index contributed by atoms with van der Waals surface area (Å²) in [6.45, 7) is 6.35. The SMILES string of the molecule is CCNC/C(=C/c1c(C)nc2sccn12)C1CCCCC1. The Morgan fingerprint density at radius 2 is 2.24 bits per heavy atom. The lowest BCUT2D eigenvalue weighted by molar-refractivity contribution is 0.397. The number of hydrogen-bond donors (Lipinski definition) is 1. The Hall–Kier alpha value is -1.13. The van der Waals surface area contributed by atoms with Gasteiger partial charge in [-0.1, -0.05) is 31.8 Å². The number of hydrogen-bond acceptors (Lipinski definition) is 3. The number of imidazole rings is 1. The van der Waals surface area contributed by atoms with Crippen LogP contribution in [0.25, 0.3) is 11.0 Å². The predicted molar refractivity (Wildman–Crippen MR) is 90.9 cm³/mol. The number of likely N-dealkylation sites (N-methyl/N-ethyl adjacent to an activating group) is 1. The zero-order valence-electron chi connectivity index (χ0n) is 13.1. The molecule has 0 aromatic carbocycles. The van der Waals surface area contributed by atoms with Gasteiger partial charge in [-0.15, -0.1) is 11.3 Å². The van der Waals surface area contributed by atoms with E-state index in [-0.39, 0.29) is 0 Å². The van der Waals surface area contributed by atoms with Gasteiger partial charge in [-0.2, -0.15) is 0 Å². The Balaban J connectivity index is 1.93. The van der Waals surface area contributed by atoms with E-state index in [2.05, 4.69) is 46.2 Å². The minimum Gasteiger partial charge on any atom is -0.313 e. The van der Waals surface area contributed by atoms with E-state index in [1.807, 2.05) is 0 Å². The molecule has 1 saturated carbocycles. The number of nitrogens with one attached hydrogen (secondary N) is 1. The summed E-state index contributed by atoms with van der Waals surface area (Å²) in [5, 5.41) is 5.64. The Bertz CT molecular complexity index is 617. The topological polar surface area (TPSA) is 29.3 Å². The zero-order chi connectivity index (χ0) is 14.7. The van der Waals surface area contributed by atoms with Crippen molar-refractivity contribution in [3.8, 4) is 0 Å². The van der Waals surface area contributed by atoms with Gasteiger partial charge in [-0.05, 0) is 38.3 Å². The molecule has 3 nitrogen and oxygen atoms in total. The van der Waals surface area contributed by atoms with Crippen LogP contribution in [0.2, 0.25) is 0 Å². The highest BCUT2D eigenvalue weighted by atomic mass is 32.1. The van der Waals surface area contributed by atoms with Gasteiger partial charge >= 0.3 is 0 Å². The lowest BCUT2D eigenvalue weighted by atomic mass is 9.83. The third kappa shape index (κ3) is 3.22. The molecule has 1 aliphatic rings.